The van der Waals surface area contributed by atoms with Crippen LogP contribution in [0.25, 0.3) is 0 Å². The molecule has 0 radical (unpaired) electrons. The van der Waals surface area contributed by atoms with E-state index in [0.717, 1.165) is 24.3 Å². The van der Waals surface area contributed by atoms with Gasteiger partial charge in [-0.3, -0.25) is 4.79 Å². The van der Waals surface area contributed by atoms with Crippen LogP contribution in [0.4, 0.5) is 0 Å². The van der Waals surface area contributed by atoms with E-state index in [1.807, 2.05) is 23.1 Å². The number of rotatable bonds is 6. The average molecular weight is 383 g/mol. The Morgan fingerprint density at radius 1 is 1.16 bits per heavy atom. The lowest BCUT2D eigenvalue weighted by molar-refractivity contribution is -0.134. The van der Waals surface area contributed by atoms with E-state index in [2.05, 4.69) is 12.1 Å². The van der Waals surface area contributed by atoms with Crippen molar-refractivity contribution in [3.05, 3.63) is 35.9 Å². The number of sulfonamides is 1. The minimum Gasteiger partial charge on any atom is -0.338 e. The van der Waals surface area contributed by atoms with E-state index in [1.165, 1.54) is 11.8 Å². The molecule has 4 rings (SSSR count). The standard InChI is InChI=1S/C18H26N2O3S2/c1-25(22,23)19-11-16-7-8-17(13-19)20(12-16)18(21)9-10-24-14-15-5-3-2-4-6-15/h2-6,16-17H,7-14H2,1H3/t16-,17+/m1/s1. The van der Waals surface area contributed by atoms with E-state index in [4.69, 9.17) is 0 Å². The molecular weight excluding hydrogens is 356 g/mol. The van der Waals surface area contributed by atoms with Gasteiger partial charge in [-0.2, -0.15) is 16.1 Å². The monoisotopic (exact) mass is 382 g/mol. The van der Waals surface area contributed by atoms with Crippen molar-refractivity contribution < 1.29 is 13.2 Å². The zero-order valence-corrected chi connectivity index (χ0v) is 16.3. The van der Waals surface area contributed by atoms with Crippen LogP contribution < -0.4 is 0 Å². The van der Waals surface area contributed by atoms with E-state index in [-0.39, 0.29) is 17.9 Å². The molecule has 138 valence electrons. The van der Waals surface area contributed by atoms with Gasteiger partial charge in [0, 0.05) is 43.6 Å². The second kappa shape index (κ2) is 8.10. The Balaban J connectivity index is 1.51. The lowest BCUT2D eigenvalue weighted by Gasteiger charge is -2.36. The van der Waals surface area contributed by atoms with Crippen molar-refractivity contribution >= 4 is 27.7 Å². The third kappa shape index (κ3) is 4.99. The second-order valence-corrected chi connectivity index (χ2v) is 10.1. The van der Waals surface area contributed by atoms with Gasteiger partial charge in [-0.05, 0) is 24.3 Å². The first kappa shape index (κ1) is 18.7. The number of hydrogen-bond acceptors (Lipinski definition) is 4. The highest BCUT2D eigenvalue weighted by Gasteiger charge is 2.39. The lowest BCUT2D eigenvalue weighted by atomic mass is 9.95. The van der Waals surface area contributed by atoms with Crippen LogP contribution >= 0.6 is 11.8 Å². The van der Waals surface area contributed by atoms with Gasteiger partial charge in [-0.25, -0.2) is 8.42 Å². The van der Waals surface area contributed by atoms with Crippen LogP contribution in [0.15, 0.2) is 30.3 Å². The summed E-state index contributed by atoms with van der Waals surface area (Å²) in [6.45, 7) is 1.72. The fourth-order valence-electron chi connectivity index (χ4n) is 3.68. The number of nitrogens with zero attached hydrogens (tertiary/aromatic N) is 2. The number of piperidine rings is 1. The Morgan fingerprint density at radius 3 is 2.64 bits per heavy atom. The summed E-state index contributed by atoms with van der Waals surface area (Å²) in [4.78, 5) is 14.6. The van der Waals surface area contributed by atoms with Gasteiger partial charge in [0.15, 0.2) is 0 Å². The van der Waals surface area contributed by atoms with Gasteiger partial charge < -0.3 is 4.90 Å². The maximum absolute atomic E-state index is 12.7. The number of carbonyl (C=O) groups is 1. The highest BCUT2D eigenvalue weighted by molar-refractivity contribution is 7.98. The molecular formula is C18H26N2O3S2. The first-order chi connectivity index (χ1) is 11.9. The fourth-order valence-corrected chi connectivity index (χ4v) is 5.50. The summed E-state index contributed by atoms with van der Waals surface area (Å²) in [6, 6.07) is 10.3. The summed E-state index contributed by atoms with van der Waals surface area (Å²) >= 11 is 1.77. The highest BCUT2D eigenvalue weighted by Crippen LogP contribution is 2.29. The van der Waals surface area contributed by atoms with Crippen molar-refractivity contribution in [2.75, 3.05) is 31.6 Å². The predicted octanol–water partition coefficient (Wildman–Crippen LogP) is 2.19. The Morgan fingerprint density at radius 2 is 1.92 bits per heavy atom. The van der Waals surface area contributed by atoms with Crippen molar-refractivity contribution in [2.24, 2.45) is 5.92 Å². The van der Waals surface area contributed by atoms with Crippen LogP contribution in [-0.2, 0) is 20.6 Å². The molecule has 0 aliphatic carbocycles. The van der Waals surface area contributed by atoms with Gasteiger partial charge in [0.05, 0.1) is 6.26 Å². The maximum Gasteiger partial charge on any atom is 0.223 e. The van der Waals surface area contributed by atoms with Gasteiger partial charge in [-0.1, -0.05) is 30.3 Å². The molecule has 3 saturated heterocycles. The van der Waals surface area contributed by atoms with E-state index in [0.29, 0.717) is 26.1 Å². The lowest BCUT2D eigenvalue weighted by Crippen LogP contribution is -2.47. The van der Waals surface area contributed by atoms with Crippen LogP contribution in [0.2, 0.25) is 0 Å². The van der Waals surface area contributed by atoms with Gasteiger partial charge >= 0.3 is 0 Å². The Kier molecular flexibility index (Phi) is 6.07. The molecule has 0 saturated carbocycles. The number of carbonyl (C=O) groups excluding carboxylic acids is 1. The zero-order valence-electron chi connectivity index (χ0n) is 14.6. The van der Waals surface area contributed by atoms with Gasteiger partial charge in [0.1, 0.15) is 0 Å². The summed E-state index contributed by atoms with van der Waals surface area (Å²) in [5.74, 6) is 2.17. The molecule has 2 atom stereocenters. The number of hydrogen-bond donors (Lipinski definition) is 0. The van der Waals surface area contributed by atoms with Crippen LogP contribution in [-0.4, -0.2) is 61.2 Å². The molecule has 0 aromatic heterocycles. The average Bonchev–Trinajstić information content (AvgIpc) is 2.91. The molecule has 3 fully saturated rings. The maximum atomic E-state index is 12.7. The number of fused-ring (bicyclic) bond motifs is 4. The smallest absolute Gasteiger partial charge is 0.223 e. The molecule has 2 bridgehead atoms. The van der Waals surface area contributed by atoms with Gasteiger partial charge in [0.25, 0.3) is 0 Å². The Hall–Kier alpha value is -1.05. The highest BCUT2D eigenvalue weighted by atomic mass is 32.2. The summed E-state index contributed by atoms with van der Waals surface area (Å²) in [5.41, 5.74) is 1.28. The molecule has 1 amide bonds. The fraction of sp³-hybridized carbons (Fsp3) is 0.611. The van der Waals surface area contributed by atoms with E-state index < -0.39 is 10.0 Å². The molecule has 3 aliphatic rings. The molecule has 1 aromatic carbocycles. The van der Waals surface area contributed by atoms with E-state index in [9.17, 15) is 13.2 Å². The number of benzene rings is 1. The van der Waals surface area contributed by atoms with Crippen molar-refractivity contribution in [2.45, 2.75) is 31.1 Å². The molecule has 0 N–H and O–H groups in total. The quantitative estimate of drug-likeness (QED) is 0.708. The second-order valence-electron chi connectivity index (χ2n) is 7.01. The molecule has 0 spiro atoms. The predicted molar refractivity (Wildman–Crippen MR) is 102 cm³/mol. The SMILES string of the molecule is CS(=O)(=O)N1C[C@H]2CC[C@@H](C1)N(C(=O)CCSCc1ccccc1)C2. The van der Waals surface area contributed by atoms with E-state index >= 15 is 0 Å². The Labute approximate surface area is 154 Å². The largest absolute Gasteiger partial charge is 0.338 e. The first-order valence-electron chi connectivity index (χ1n) is 8.80. The third-order valence-electron chi connectivity index (χ3n) is 5.04. The summed E-state index contributed by atoms with van der Waals surface area (Å²) in [6.07, 6.45) is 3.73. The summed E-state index contributed by atoms with van der Waals surface area (Å²) < 4.78 is 25.4. The zero-order chi connectivity index (χ0) is 17.9. The molecule has 3 aliphatic heterocycles. The minimum atomic E-state index is -3.18. The van der Waals surface area contributed by atoms with Crippen LogP contribution in [0, 0.1) is 5.92 Å². The number of thioether (sulfide) groups is 1. The molecule has 0 unspecified atom stereocenters. The van der Waals surface area contributed by atoms with Gasteiger partial charge in [-0.15, -0.1) is 0 Å². The van der Waals surface area contributed by atoms with Crippen molar-refractivity contribution in [1.29, 1.82) is 0 Å². The molecule has 1 aromatic rings. The molecule has 25 heavy (non-hydrogen) atoms. The first-order valence-corrected chi connectivity index (χ1v) is 11.8. The minimum absolute atomic E-state index is 0.0418. The topological polar surface area (TPSA) is 57.7 Å². The van der Waals surface area contributed by atoms with Crippen LogP contribution in [0.1, 0.15) is 24.8 Å². The van der Waals surface area contributed by atoms with Gasteiger partial charge in [0.2, 0.25) is 15.9 Å². The van der Waals surface area contributed by atoms with Crippen LogP contribution in [0.5, 0.6) is 0 Å². The Bertz CT molecular complexity index is 694. The third-order valence-corrected chi connectivity index (χ3v) is 7.31. The summed E-state index contributed by atoms with van der Waals surface area (Å²) in [5, 5.41) is 0. The molecule has 7 heteroatoms. The van der Waals surface area contributed by atoms with Crippen molar-refractivity contribution in [3.8, 4) is 0 Å². The van der Waals surface area contributed by atoms with Crippen LogP contribution in [0.3, 0.4) is 0 Å². The molecule has 5 nitrogen and oxygen atoms in total. The van der Waals surface area contributed by atoms with E-state index in [1.54, 1.807) is 16.1 Å². The van der Waals surface area contributed by atoms with Crippen molar-refractivity contribution in [1.82, 2.24) is 9.21 Å². The normalized spacial score (nSPS) is 24.3. The molecule has 3 heterocycles. The van der Waals surface area contributed by atoms with Crippen molar-refractivity contribution in [3.63, 3.8) is 0 Å². The number of amides is 1. The summed E-state index contributed by atoms with van der Waals surface area (Å²) in [7, 11) is -3.18.